The molecule has 2 aliphatic heterocycles. The summed E-state index contributed by atoms with van der Waals surface area (Å²) in [6.07, 6.45) is -2.15. The van der Waals surface area contributed by atoms with Crippen molar-refractivity contribution >= 4 is 16.9 Å². The lowest BCUT2D eigenvalue weighted by atomic mass is 9.88. The highest BCUT2D eigenvalue weighted by molar-refractivity contribution is 5.89. The van der Waals surface area contributed by atoms with Crippen molar-refractivity contribution in [2.75, 3.05) is 31.6 Å². The molecule has 1 saturated heterocycles. The summed E-state index contributed by atoms with van der Waals surface area (Å²) in [5, 5.41) is 3.91. The number of fused-ring (bicyclic) bond motifs is 4. The highest BCUT2D eigenvalue weighted by Crippen LogP contribution is 2.44. The van der Waals surface area contributed by atoms with Gasteiger partial charge in [-0.05, 0) is 44.7 Å². The second-order valence-corrected chi connectivity index (χ2v) is 10.1. The molecule has 186 valence electrons. The smallest absolute Gasteiger partial charge is 0.364 e. The third kappa shape index (κ3) is 3.87. The molecular weight excluding hydrogens is 462 g/mol. The van der Waals surface area contributed by atoms with Gasteiger partial charge in [0.25, 0.3) is 0 Å². The van der Waals surface area contributed by atoms with E-state index < -0.39 is 23.6 Å². The van der Waals surface area contributed by atoms with Gasteiger partial charge in [0, 0.05) is 31.7 Å². The number of anilines is 1. The Morgan fingerprint density at radius 1 is 1.23 bits per heavy atom. The zero-order valence-corrected chi connectivity index (χ0v) is 19.6. The van der Waals surface area contributed by atoms with E-state index in [0.717, 1.165) is 48.3 Å². The summed E-state index contributed by atoms with van der Waals surface area (Å²) < 4.78 is 62.9. The van der Waals surface area contributed by atoms with Crippen molar-refractivity contribution in [3.8, 4) is 0 Å². The summed E-state index contributed by atoms with van der Waals surface area (Å²) in [6.45, 7) is 7.43. The number of likely N-dealkylation sites (tertiary alicyclic amines) is 1. The van der Waals surface area contributed by atoms with Crippen LogP contribution in [0.4, 0.5) is 23.4 Å². The van der Waals surface area contributed by atoms with Gasteiger partial charge in [-0.15, -0.1) is 0 Å². The van der Waals surface area contributed by atoms with Gasteiger partial charge in [-0.2, -0.15) is 13.2 Å². The zero-order valence-electron chi connectivity index (χ0n) is 19.6. The van der Waals surface area contributed by atoms with Crippen molar-refractivity contribution in [3.63, 3.8) is 0 Å². The van der Waals surface area contributed by atoms with Gasteiger partial charge in [0.15, 0.2) is 0 Å². The Hall–Kier alpha value is -2.72. The second kappa shape index (κ2) is 7.89. The molecular formula is C25H27F4N5O. The number of hydrogen-bond acceptors (Lipinski definition) is 5. The molecule has 1 spiro atoms. The maximum absolute atomic E-state index is 14.8. The van der Waals surface area contributed by atoms with E-state index in [4.69, 9.17) is 4.74 Å². The molecule has 0 bridgehead atoms. The summed E-state index contributed by atoms with van der Waals surface area (Å²) >= 11 is 0. The van der Waals surface area contributed by atoms with Crippen LogP contribution in [0, 0.1) is 18.7 Å². The van der Waals surface area contributed by atoms with Gasteiger partial charge in [-0.25, -0.2) is 14.4 Å². The molecule has 35 heavy (non-hydrogen) atoms. The Morgan fingerprint density at radius 2 is 2.00 bits per heavy atom. The average molecular weight is 490 g/mol. The van der Waals surface area contributed by atoms with Crippen molar-refractivity contribution in [2.24, 2.45) is 5.92 Å². The maximum Gasteiger partial charge on any atom is 0.419 e. The monoisotopic (exact) mass is 489 g/mol. The summed E-state index contributed by atoms with van der Waals surface area (Å²) in [7, 11) is 0. The molecule has 4 heterocycles. The first-order valence-electron chi connectivity index (χ1n) is 12.0. The number of aryl methyl sites for hydroxylation is 1. The Bertz CT molecular complexity index is 1290. The van der Waals surface area contributed by atoms with Crippen LogP contribution in [0.3, 0.4) is 0 Å². The first kappa shape index (κ1) is 22.7. The van der Waals surface area contributed by atoms with Crippen molar-refractivity contribution in [1.82, 2.24) is 19.4 Å². The van der Waals surface area contributed by atoms with Crippen molar-refractivity contribution in [2.45, 2.75) is 51.1 Å². The standard InChI is InChI=1S/C25H27F4N5O/c1-14(17-4-3-5-19(21(17)26)25(27,28)29)30-22-18-10-20-24(12-33(13-24)11-16-6-7-16)35-9-8-34(20)23(18)32-15(2)31-22/h3-5,10,14,16H,6-9,11-13H2,1-2H3,(H,30,31,32)/t14-/m1/s1. The third-order valence-corrected chi connectivity index (χ3v) is 7.35. The molecule has 3 aliphatic rings. The minimum absolute atomic E-state index is 0.0669. The van der Waals surface area contributed by atoms with E-state index in [0.29, 0.717) is 24.8 Å². The van der Waals surface area contributed by atoms with Gasteiger partial charge in [0.1, 0.15) is 28.7 Å². The molecule has 0 unspecified atom stereocenters. The van der Waals surface area contributed by atoms with Crippen LogP contribution in [0.15, 0.2) is 24.3 Å². The van der Waals surface area contributed by atoms with Gasteiger partial charge in [0.05, 0.1) is 29.3 Å². The van der Waals surface area contributed by atoms with Crippen LogP contribution < -0.4 is 5.32 Å². The van der Waals surface area contributed by atoms with E-state index in [1.807, 2.05) is 6.07 Å². The number of benzene rings is 1. The van der Waals surface area contributed by atoms with Crippen molar-refractivity contribution < 1.29 is 22.3 Å². The lowest BCUT2D eigenvalue weighted by Crippen LogP contribution is -2.63. The first-order valence-corrected chi connectivity index (χ1v) is 12.0. The molecule has 2 fully saturated rings. The predicted molar refractivity (Wildman–Crippen MR) is 122 cm³/mol. The van der Waals surface area contributed by atoms with E-state index in [2.05, 4.69) is 24.8 Å². The quantitative estimate of drug-likeness (QED) is 0.510. The predicted octanol–water partition coefficient (Wildman–Crippen LogP) is 5.02. The van der Waals surface area contributed by atoms with Crippen LogP contribution >= 0.6 is 0 Å². The largest absolute Gasteiger partial charge is 0.419 e. The number of rotatable bonds is 5. The molecule has 1 atom stereocenters. The van der Waals surface area contributed by atoms with E-state index in [1.54, 1.807) is 13.8 Å². The molecule has 1 saturated carbocycles. The fourth-order valence-corrected chi connectivity index (χ4v) is 5.46. The summed E-state index contributed by atoms with van der Waals surface area (Å²) in [4.78, 5) is 11.6. The van der Waals surface area contributed by atoms with Crippen LogP contribution in [-0.4, -0.2) is 45.7 Å². The number of nitrogens with zero attached hydrogens (tertiary/aromatic N) is 4. The number of ether oxygens (including phenoxy) is 1. The summed E-state index contributed by atoms with van der Waals surface area (Å²) in [5.41, 5.74) is 0.0915. The molecule has 1 N–H and O–H groups in total. The van der Waals surface area contributed by atoms with Crippen LogP contribution in [-0.2, 0) is 23.1 Å². The highest BCUT2D eigenvalue weighted by atomic mass is 19.4. The molecule has 6 nitrogen and oxygen atoms in total. The van der Waals surface area contributed by atoms with E-state index in [9.17, 15) is 17.6 Å². The minimum Gasteiger partial charge on any atom is -0.364 e. The molecule has 3 aromatic rings. The fraction of sp³-hybridized carbons (Fsp3) is 0.520. The molecule has 0 amide bonds. The van der Waals surface area contributed by atoms with Gasteiger partial charge < -0.3 is 14.6 Å². The highest BCUT2D eigenvalue weighted by Gasteiger charge is 2.50. The minimum atomic E-state index is -4.76. The number of halogens is 4. The van der Waals surface area contributed by atoms with Gasteiger partial charge >= 0.3 is 6.18 Å². The topological polar surface area (TPSA) is 55.2 Å². The van der Waals surface area contributed by atoms with Gasteiger partial charge in [-0.3, -0.25) is 4.90 Å². The van der Waals surface area contributed by atoms with Crippen molar-refractivity contribution in [1.29, 1.82) is 0 Å². The second-order valence-electron chi connectivity index (χ2n) is 10.1. The molecule has 10 heteroatoms. The third-order valence-electron chi connectivity index (χ3n) is 7.35. The van der Waals surface area contributed by atoms with Crippen LogP contribution in [0.25, 0.3) is 11.0 Å². The molecule has 0 radical (unpaired) electrons. The average Bonchev–Trinajstić information content (AvgIpc) is 3.50. The van der Waals surface area contributed by atoms with E-state index in [-0.39, 0.29) is 11.2 Å². The number of aromatic nitrogens is 3. The molecule has 1 aromatic carbocycles. The Morgan fingerprint density at radius 3 is 2.71 bits per heavy atom. The first-order chi connectivity index (χ1) is 16.6. The summed E-state index contributed by atoms with van der Waals surface area (Å²) in [6, 6.07) is 4.63. The SMILES string of the molecule is Cc1nc(N[C@H](C)c2cccc(C(F)(F)F)c2F)c2cc3n(c2n1)CCOC31CN(CC2CC2)C1. The normalized spacial score (nSPS) is 20.6. The van der Waals surface area contributed by atoms with E-state index in [1.165, 1.54) is 25.0 Å². The fourth-order valence-electron chi connectivity index (χ4n) is 5.46. The number of hydrogen-bond donors (Lipinski definition) is 1. The Kier molecular flexibility index (Phi) is 5.12. The molecule has 6 rings (SSSR count). The summed E-state index contributed by atoms with van der Waals surface area (Å²) in [5.74, 6) is 0.546. The zero-order chi connectivity index (χ0) is 24.5. The number of nitrogens with one attached hydrogen (secondary N) is 1. The van der Waals surface area contributed by atoms with Crippen LogP contribution in [0.5, 0.6) is 0 Å². The van der Waals surface area contributed by atoms with Gasteiger partial charge in [0.2, 0.25) is 0 Å². The Balaban J connectivity index is 1.34. The Labute approximate surface area is 200 Å². The van der Waals surface area contributed by atoms with Crippen molar-refractivity contribution in [3.05, 3.63) is 52.7 Å². The van der Waals surface area contributed by atoms with Crippen LogP contribution in [0.1, 0.15) is 48.5 Å². The maximum atomic E-state index is 14.8. The molecule has 1 aliphatic carbocycles. The van der Waals surface area contributed by atoms with Gasteiger partial charge in [-0.1, -0.05) is 12.1 Å². The number of alkyl halides is 3. The lowest BCUT2D eigenvalue weighted by molar-refractivity contribution is -0.169. The lowest BCUT2D eigenvalue weighted by Gasteiger charge is -2.52. The van der Waals surface area contributed by atoms with E-state index >= 15 is 0 Å². The molecule has 2 aromatic heterocycles. The van der Waals surface area contributed by atoms with Crippen LogP contribution in [0.2, 0.25) is 0 Å².